The highest BCUT2D eigenvalue weighted by Crippen LogP contribution is 2.49. The molecule has 106 valence electrons. The predicted molar refractivity (Wildman–Crippen MR) is 86.4 cm³/mol. The Morgan fingerprint density at radius 3 is 2.32 bits per heavy atom. The third-order valence-corrected chi connectivity index (χ3v) is 6.97. The molecule has 1 heterocycles. The molecule has 0 saturated carbocycles. The molecule has 1 saturated heterocycles. The van der Waals surface area contributed by atoms with E-state index in [1.54, 1.807) is 6.07 Å². The van der Waals surface area contributed by atoms with E-state index in [0.717, 1.165) is 35.0 Å². The minimum Gasteiger partial charge on any atom is -0.207 e. The molecule has 19 heavy (non-hydrogen) atoms. The number of halogens is 1. The summed E-state index contributed by atoms with van der Waals surface area (Å²) in [4.78, 5) is 0. The van der Waals surface area contributed by atoms with Crippen LogP contribution in [0.2, 0.25) is 0 Å². The Morgan fingerprint density at radius 2 is 1.84 bits per heavy atom. The number of benzene rings is 1. The molecular formula is C16H23FS2. The summed E-state index contributed by atoms with van der Waals surface area (Å²) >= 11 is 3.80. The Kier molecular flexibility index (Phi) is 4.88. The van der Waals surface area contributed by atoms with Crippen LogP contribution in [0.3, 0.4) is 0 Å². The normalized spacial score (nSPS) is 24.5. The van der Waals surface area contributed by atoms with Crippen LogP contribution in [0, 0.1) is 17.2 Å². The van der Waals surface area contributed by atoms with Crippen molar-refractivity contribution in [3.05, 3.63) is 35.1 Å². The minimum absolute atomic E-state index is 0.0291. The third kappa shape index (κ3) is 3.69. The van der Waals surface area contributed by atoms with Gasteiger partial charge in [0.1, 0.15) is 5.82 Å². The van der Waals surface area contributed by atoms with E-state index in [-0.39, 0.29) is 10.4 Å². The van der Waals surface area contributed by atoms with Gasteiger partial charge in [0, 0.05) is 5.56 Å². The SMILES string of the molecule is CCc1ccc(C2SCC(C(C)(C)C)CS2)c(F)c1. The van der Waals surface area contributed by atoms with Crippen LogP contribution in [0.1, 0.15) is 43.4 Å². The lowest BCUT2D eigenvalue weighted by Gasteiger charge is -2.36. The number of aryl methyl sites for hydroxylation is 1. The molecule has 1 aliphatic rings. The van der Waals surface area contributed by atoms with E-state index in [9.17, 15) is 4.39 Å². The molecule has 0 aliphatic carbocycles. The van der Waals surface area contributed by atoms with Gasteiger partial charge in [0.05, 0.1) is 4.58 Å². The zero-order valence-corrected chi connectivity index (χ0v) is 13.8. The molecule has 0 unspecified atom stereocenters. The van der Waals surface area contributed by atoms with Crippen molar-refractivity contribution >= 4 is 23.5 Å². The van der Waals surface area contributed by atoms with E-state index < -0.39 is 0 Å². The summed E-state index contributed by atoms with van der Waals surface area (Å²) in [5.74, 6) is 2.96. The Labute approximate surface area is 124 Å². The molecule has 1 fully saturated rings. The first-order valence-electron chi connectivity index (χ1n) is 6.93. The Morgan fingerprint density at radius 1 is 1.21 bits per heavy atom. The molecule has 1 aromatic carbocycles. The first kappa shape index (κ1) is 15.2. The molecule has 1 aromatic rings. The van der Waals surface area contributed by atoms with Crippen LogP contribution >= 0.6 is 23.5 Å². The highest BCUT2D eigenvalue weighted by Gasteiger charge is 2.32. The van der Waals surface area contributed by atoms with Crippen LogP contribution in [0.15, 0.2) is 18.2 Å². The first-order chi connectivity index (χ1) is 8.91. The quantitative estimate of drug-likeness (QED) is 0.704. The summed E-state index contributed by atoms with van der Waals surface area (Å²) < 4.78 is 14.4. The van der Waals surface area contributed by atoms with Crippen molar-refractivity contribution in [2.24, 2.45) is 11.3 Å². The van der Waals surface area contributed by atoms with Crippen LogP contribution in [-0.2, 0) is 6.42 Å². The number of thioether (sulfide) groups is 2. The average molecular weight is 298 g/mol. The van der Waals surface area contributed by atoms with Crippen molar-refractivity contribution in [2.45, 2.75) is 38.7 Å². The molecule has 0 aromatic heterocycles. The monoisotopic (exact) mass is 298 g/mol. The molecule has 0 spiro atoms. The van der Waals surface area contributed by atoms with Crippen LogP contribution < -0.4 is 0 Å². The fourth-order valence-corrected chi connectivity index (χ4v) is 5.96. The van der Waals surface area contributed by atoms with Crippen LogP contribution in [-0.4, -0.2) is 11.5 Å². The van der Waals surface area contributed by atoms with Crippen molar-refractivity contribution in [3.8, 4) is 0 Å². The van der Waals surface area contributed by atoms with E-state index in [1.165, 1.54) is 0 Å². The first-order valence-corrected chi connectivity index (χ1v) is 9.03. The molecule has 0 radical (unpaired) electrons. The van der Waals surface area contributed by atoms with E-state index in [1.807, 2.05) is 29.6 Å². The third-order valence-electron chi connectivity index (χ3n) is 3.85. The summed E-state index contributed by atoms with van der Waals surface area (Å²) in [5.41, 5.74) is 2.31. The van der Waals surface area contributed by atoms with Crippen molar-refractivity contribution in [1.29, 1.82) is 0 Å². The molecule has 0 nitrogen and oxygen atoms in total. The van der Waals surface area contributed by atoms with Crippen molar-refractivity contribution in [2.75, 3.05) is 11.5 Å². The maximum atomic E-state index is 14.1. The molecule has 0 amide bonds. The molecule has 1 aliphatic heterocycles. The maximum absolute atomic E-state index is 14.1. The van der Waals surface area contributed by atoms with Crippen molar-refractivity contribution in [3.63, 3.8) is 0 Å². The van der Waals surface area contributed by atoms with E-state index >= 15 is 0 Å². The molecule has 0 bridgehead atoms. The van der Waals surface area contributed by atoms with Gasteiger partial charge in [0.15, 0.2) is 0 Å². The second-order valence-electron chi connectivity index (χ2n) is 6.27. The largest absolute Gasteiger partial charge is 0.207 e. The maximum Gasteiger partial charge on any atom is 0.128 e. The fourth-order valence-electron chi connectivity index (χ4n) is 2.16. The summed E-state index contributed by atoms with van der Waals surface area (Å²) in [6.07, 6.45) is 0.897. The van der Waals surface area contributed by atoms with Crippen LogP contribution in [0.4, 0.5) is 4.39 Å². The number of rotatable bonds is 2. The fraction of sp³-hybridized carbons (Fsp3) is 0.625. The van der Waals surface area contributed by atoms with Gasteiger partial charge >= 0.3 is 0 Å². The van der Waals surface area contributed by atoms with E-state index in [4.69, 9.17) is 0 Å². The molecule has 3 heteroatoms. The summed E-state index contributed by atoms with van der Waals surface area (Å²) in [6.45, 7) is 8.97. The average Bonchev–Trinajstić information content (AvgIpc) is 2.37. The van der Waals surface area contributed by atoms with Gasteiger partial charge in [0.2, 0.25) is 0 Å². The standard InChI is InChI=1S/C16H23FS2/c1-5-11-6-7-13(14(17)8-11)15-18-9-12(10-19-15)16(2,3)4/h6-8,12,15H,5,9-10H2,1-4H3. The van der Waals surface area contributed by atoms with Crippen LogP contribution in [0.25, 0.3) is 0 Å². The van der Waals surface area contributed by atoms with Gasteiger partial charge in [-0.2, -0.15) is 0 Å². The zero-order chi connectivity index (χ0) is 14.0. The van der Waals surface area contributed by atoms with Crippen molar-refractivity contribution in [1.82, 2.24) is 0 Å². The lowest BCUT2D eigenvalue weighted by atomic mass is 9.83. The van der Waals surface area contributed by atoms with Gasteiger partial charge in [-0.15, -0.1) is 23.5 Å². The van der Waals surface area contributed by atoms with Gasteiger partial charge in [-0.25, -0.2) is 4.39 Å². The predicted octanol–water partition coefficient (Wildman–Crippen LogP) is 5.53. The van der Waals surface area contributed by atoms with Gasteiger partial charge in [-0.1, -0.05) is 39.8 Å². The topological polar surface area (TPSA) is 0 Å². The number of hydrogen-bond donors (Lipinski definition) is 0. The van der Waals surface area contributed by atoms with Gasteiger partial charge in [-0.05, 0) is 40.9 Å². The molecule has 0 atom stereocenters. The van der Waals surface area contributed by atoms with Gasteiger partial charge in [-0.3, -0.25) is 0 Å². The summed E-state index contributed by atoms with van der Waals surface area (Å²) in [6, 6.07) is 5.75. The summed E-state index contributed by atoms with van der Waals surface area (Å²) in [7, 11) is 0. The Balaban J connectivity index is 2.06. The van der Waals surface area contributed by atoms with Gasteiger partial charge < -0.3 is 0 Å². The molecule has 0 N–H and O–H groups in total. The minimum atomic E-state index is -0.0291. The second kappa shape index (κ2) is 6.09. The smallest absolute Gasteiger partial charge is 0.128 e. The Hall–Kier alpha value is -0.150. The molecule has 2 rings (SSSR count). The van der Waals surface area contributed by atoms with Crippen LogP contribution in [0.5, 0.6) is 0 Å². The second-order valence-corrected chi connectivity index (χ2v) is 8.85. The lowest BCUT2D eigenvalue weighted by molar-refractivity contribution is 0.292. The molecular weight excluding hydrogens is 275 g/mol. The highest BCUT2D eigenvalue weighted by atomic mass is 32.2. The lowest BCUT2D eigenvalue weighted by Crippen LogP contribution is -2.28. The van der Waals surface area contributed by atoms with Gasteiger partial charge in [0.25, 0.3) is 0 Å². The Bertz CT molecular complexity index is 429. The van der Waals surface area contributed by atoms with E-state index in [0.29, 0.717) is 5.41 Å². The highest BCUT2D eigenvalue weighted by molar-refractivity contribution is 8.16. The zero-order valence-electron chi connectivity index (χ0n) is 12.2. The van der Waals surface area contributed by atoms with E-state index in [2.05, 4.69) is 33.8 Å². The number of hydrogen-bond acceptors (Lipinski definition) is 2. The van der Waals surface area contributed by atoms with Crippen molar-refractivity contribution < 1.29 is 4.39 Å². The summed E-state index contributed by atoms with van der Waals surface area (Å²) in [5, 5.41) is 0.